The molecule has 1 saturated carbocycles. The molecule has 0 bridgehead atoms. The Morgan fingerprint density at radius 1 is 1.53 bits per heavy atom. The molecule has 0 aliphatic heterocycles. The molecule has 0 spiro atoms. The molecule has 0 heterocycles. The van der Waals surface area contributed by atoms with Gasteiger partial charge in [-0.25, -0.2) is 0 Å². The summed E-state index contributed by atoms with van der Waals surface area (Å²) in [5.41, 5.74) is 0.495. The molecule has 3 atom stereocenters. The van der Waals surface area contributed by atoms with E-state index in [9.17, 15) is 5.11 Å². The van der Waals surface area contributed by atoms with Crippen LogP contribution in [0.15, 0.2) is 24.3 Å². The number of benzene rings is 1. The molecule has 102 valence electrons. The van der Waals surface area contributed by atoms with Crippen molar-refractivity contribution < 1.29 is 9.84 Å². The number of nitrogens with zero attached hydrogens (tertiary/aromatic N) is 1. The SMILES string of the molecule is CC1CC1CNCC(O)COc1ccccc1C#N. The highest BCUT2D eigenvalue weighted by atomic mass is 16.5. The van der Waals surface area contributed by atoms with Gasteiger partial charge in [-0.3, -0.25) is 0 Å². The Hall–Kier alpha value is -1.57. The number of hydrogen-bond donors (Lipinski definition) is 2. The number of nitrogens with one attached hydrogen (secondary N) is 1. The minimum Gasteiger partial charge on any atom is -0.489 e. The van der Waals surface area contributed by atoms with E-state index in [1.165, 1.54) is 6.42 Å². The summed E-state index contributed by atoms with van der Waals surface area (Å²) in [6.45, 7) is 3.93. The van der Waals surface area contributed by atoms with Crippen LogP contribution in [0, 0.1) is 23.2 Å². The standard InChI is InChI=1S/C15H20N2O2/c1-11-6-13(11)8-17-9-14(18)10-19-15-5-3-2-4-12(15)7-16/h2-5,11,13-14,17-18H,6,8-10H2,1H3. The van der Waals surface area contributed by atoms with Crippen LogP contribution in [0.3, 0.4) is 0 Å². The Bertz CT molecular complexity index is 456. The molecule has 0 saturated heterocycles. The summed E-state index contributed by atoms with van der Waals surface area (Å²) in [6, 6.07) is 9.12. The van der Waals surface area contributed by atoms with Crippen molar-refractivity contribution >= 4 is 0 Å². The molecule has 4 nitrogen and oxygen atoms in total. The van der Waals surface area contributed by atoms with Gasteiger partial charge in [0.25, 0.3) is 0 Å². The number of hydrogen-bond acceptors (Lipinski definition) is 4. The lowest BCUT2D eigenvalue weighted by Gasteiger charge is -2.13. The topological polar surface area (TPSA) is 65.3 Å². The molecular weight excluding hydrogens is 240 g/mol. The molecule has 1 aliphatic carbocycles. The van der Waals surface area contributed by atoms with Crippen LogP contribution >= 0.6 is 0 Å². The fraction of sp³-hybridized carbons (Fsp3) is 0.533. The number of nitriles is 1. The normalized spacial score (nSPS) is 22.6. The molecule has 0 radical (unpaired) electrons. The van der Waals surface area contributed by atoms with E-state index in [-0.39, 0.29) is 6.61 Å². The van der Waals surface area contributed by atoms with Crippen molar-refractivity contribution in [3.05, 3.63) is 29.8 Å². The molecule has 3 unspecified atom stereocenters. The summed E-state index contributed by atoms with van der Waals surface area (Å²) < 4.78 is 5.47. The zero-order chi connectivity index (χ0) is 13.7. The fourth-order valence-corrected chi connectivity index (χ4v) is 2.05. The molecule has 1 aromatic carbocycles. The van der Waals surface area contributed by atoms with Crippen LogP contribution in [-0.2, 0) is 0 Å². The summed E-state index contributed by atoms with van der Waals surface area (Å²) in [5.74, 6) is 2.12. The first-order chi connectivity index (χ1) is 9.20. The average Bonchev–Trinajstić information content (AvgIpc) is 3.12. The van der Waals surface area contributed by atoms with Crippen LogP contribution in [0.5, 0.6) is 5.75 Å². The number of aliphatic hydroxyl groups excluding tert-OH is 1. The van der Waals surface area contributed by atoms with E-state index in [2.05, 4.69) is 18.3 Å². The predicted octanol–water partition coefficient (Wildman–Crippen LogP) is 1.54. The zero-order valence-corrected chi connectivity index (χ0v) is 11.2. The molecule has 19 heavy (non-hydrogen) atoms. The Labute approximate surface area is 114 Å². The molecule has 2 N–H and O–H groups in total. The van der Waals surface area contributed by atoms with Crippen molar-refractivity contribution in [1.82, 2.24) is 5.32 Å². The summed E-state index contributed by atoms with van der Waals surface area (Å²) in [5, 5.41) is 22.0. The Balaban J connectivity index is 1.68. The lowest BCUT2D eigenvalue weighted by Crippen LogP contribution is -2.32. The van der Waals surface area contributed by atoms with Gasteiger partial charge in [0.15, 0.2) is 0 Å². The fourth-order valence-electron chi connectivity index (χ4n) is 2.05. The van der Waals surface area contributed by atoms with Gasteiger partial charge in [-0.1, -0.05) is 19.1 Å². The van der Waals surface area contributed by atoms with Crippen molar-refractivity contribution in [3.63, 3.8) is 0 Å². The van der Waals surface area contributed by atoms with Gasteiger partial charge < -0.3 is 15.2 Å². The van der Waals surface area contributed by atoms with Crippen molar-refractivity contribution in [1.29, 1.82) is 5.26 Å². The first-order valence-corrected chi connectivity index (χ1v) is 6.71. The van der Waals surface area contributed by atoms with Crippen molar-refractivity contribution in [2.45, 2.75) is 19.4 Å². The first kappa shape index (κ1) is 13.9. The third-order valence-electron chi connectivity index (χ3n) is 3.50. The summed E-state index contributed by atoms with van der Waals surface area (Å²) >= 11 is 0. The number of ether oxygens (including phenoxy) is 1. The molecule has 1 aromatic rings. The smallest absolute Gasteiger partial charge is 0.137 e. The van der Waals surface area contributed by atoms with Gasteiger partial charge in [-0.05, 0) is 36.9 Å². The summed E-state index contributed by atoms with van der Waals surface area (Å²) in [6.07, 6.45) is 0.732. The van der Waals surface area contributed by atoms with E-state index in [1.54, 1.807) is 18.2 Å². The van der Waals surface area contributed by atoms with Crippen molar-refractivity contribution in [2.24, 2.45) is 11.8 Å². The molecule has 1 fully saturated rings. The third kappa shape index (κ3) is 4.23. The lowest BCUT2D eigenvalue weighted by molar-refractivity contribution is 0.106. The summed E-state index contributed by atoms with van der Waals surface area (Å²) in [4.78, 5) is 0. The molecule has 1 aliphatic rings. The van der Waals surface area contributed by atoms with Crippen molar-refractivity contribution in [3.8, 4) is 11.8 Å². The third-order valence-corrected chi connectivity index (χ3v) is 3.50. The Morgan fingerprint density at radius 3 is 2.95 bits per heavy atom. The van der Waals surface area contributed by atoms with E-state index < -0.39 is 6.10 Å². The maximum Gasteiger partial charge on any atom is 0.137 e. The largest absolute Gasteiger partial charge is 0.489 e. The van der Waals surface area contributed by atoms with E-state index in [0.717, 1.165) is 18.4 Å². The van der Waals surface area contributed by atoms with Crippen LogP contribution in [0.25, 0.3) is 0 Å². The highest BCUT2D eigenvalue weighted by Crippen LogP contribution is 2.36. The van der Waals surface area contributed by atoms with Crippen LogP contribution in [0.1, 0.15) is 18.9 Å². The maximum absolute atomic E-state index is 9.80. The zero-order valence-electron chi connectivity index (χ0n) is 11.2. The Morgan fingerprint density at radius 2 is 2.26 bits per heavy atom. The minimum absolute atomic E-state index is 0.200. The second kappa shape index (κ2) is 6.55. The van der Waals surface area contributed by atoms with E-state index in [4.69, 9.17) is 10.00 Å². The highest BCUT2D eigenvalue weighted by Gasteiger charge is 2.31. The van der Waals surface area contributed by atoms with Gasteiger partial charge in [0, 0.05) is 6.54 Å². The maximum atomic E-state index is 9.80. The number of aliphatic hydroxyl groups is 1. The molecular formula is C15H20N2O2. The quantitative estimate of drug-likeness (QED) is 0.780. The second-order valence-corrected chi connectivity index (χ2v) is 5.20. The van der Waals surface area contributed by atoms with Crippen LogP contribution in [0.2, 0.25) is 0 Å². The lowest BCUT2D eigenvalue weighted by atomic mass is 10.2. The highest BCUT2D eigenvalue weighted by molar-refractivity contribution is 5.42. The van der Waals surface area contributed by atoms with Crippen LogP contribution in [-0.4, -0.2) is 30.9 Å². The van der Waals surface area contributed by atoms with E-state index in [1.807, 2.05) is 6.07 Å². The minimum atomic E-state index is -0.555. The van der Waals surface area contributed by atoms with E-state index in [0.29, 0.717) is 17.9 Å². The van der Waals surface area contributed by atoms with Gasteiger partial charge in [0.1, 0.15) is 24.5 Å². The van der Waals surface area contributed by atoms with Gasteiger partial charge in [-0.15, -0.1) is 0 Å². The van der Waals surface area contributed by atoms with Crippen molar-refractivity contribution in [2.75, 3.05) is 19.7 Å². The number of para-hydroxylation sites is 1. The van der Waals surface area contributed by atoms with Gasteiger partial charge in [0.2, 0.25) is 0 Å². The molecule has 4 heteroatoms. The first-order valence-electron chi connectivity index (χ1n) is 6.71. The average molecular weight is 260 g/mol. The summed E-state index contributed by atoms with van der Waals surface area (Å²) in [7, 11) is 0. The molecule has 0 aromatic heterocycles. The van der Waals surface area contributed by atoms with Gasteiger partial charge in [-0.2, -0.15) is 5.26 Å². The number of rotatable bonds is 7. The predicted molar refractivity (Wildman–Crippen MR) is 72.8 cm³/mol. The monoisotopic (exact) mass is 260 g/mol. The molecule has 0 amide bonds. The van der Waals surface area contributed by atoms with Gasteiger partial charge >= 0.3 is 0 Å². The van der Waals surface area contributed by atoms with Crippen LogP contribution < -0.4 is 10.1 Å². The second-order valence-electron chi connectivity index (χ2n) is 5.20. The van der Waals surface area contributed by atoms with Gasteiger partial charge in [0.05, 0.1) is 5.56 Å². The Kier molecular flexibility index (Phi) is 4.78. The molecule has 2 rings (SSSR count). The van der Waals surface area contributed by atoms with E-state index >= 15 is 0 Å². The van der Waals surface area contributed by atoms with Crippen LogP contribution in [0.4, 0.5) is 0 Å².